The van der Waals surface area contributed by atoms with Gasteiger partial charge in [-0.05, 0) is 11.0 Å². The van der Waals surface area contributed by atoms with Gasteiger partial charge in [-0.2, -0.15) is 0 Å². The van der Waals surface area contributed by atoms with E-state index in [2.05, 4.69) is 25.8 Å². The maximum absolute atomic E-state index is 11.3. The van der Waals surface area contributed by atoms with Crippen LogP contribution in [0.1, 0.15) is 36.3 Å². The molecule has 0 saturated carbocycles. The van der Waals surface area contributed by atoms with Crippen molar-refractivity contribution in [2.24, 2.45) is 5.41 Å². The summed E-state index contributed by atoms with van der Waals surface area (Å²) in [6.07, 6.45) is 0.783. The fraction of sp³-hybridized carbons (Fsp3) is 0.333. The van der Waals surface area contributed by atoms with Gasteiger partial charge in [0.05, 0.1) is 9.88 Å². The first kappa shape index (κ1) is 13.7. The lowest BCUT2D eigenvalue weighted by Crippen LogP contribution is -2.09. The zero-order valence-electron chi connectivity index (χ0n) is 11.3. The van der Waals surface area contributed by atoms with E-state index in [0.29, 0.717) is 0 Å². The van der Waals surface area contributed by atoms with Crippen molar-refractivity contribution < 1.29 is 9.90 Å². The topological polar surface area (TPSA) is 50.2 Å². The first-order valence-corrected chi connectivity index (χ1v) is 6.97. The number of carbonyl (C=O) groups is 1. The van der Waals surface area contributed by atoms with Gasteiger partial charge in [0, 0.05) is 6.42 Å². The molecule has 1 aromatic heterocycles. The number of benzene rings is 1. The predicted molar refractivity (Wildman–Crippen MR) is 77.7 cm³/mol. The molecule has 0 atom stereocenters. The van der Waals surface area contributed by atoms with E-state index in [0.717, 1.165) is 21.9 Å². The van der Waals surface area contributed by atoms with Gasteiger partial charge < -0.3 is 5.11 Å². The fourth-order valence-corrected chi connectivity index (χ4v) is 3.19. The van der Waals surface area contributed by atoms with Crippen LogP contribution in [0.3, 0.4) is 0 Å². The number of thiazole rings is 1. The van der Waals surface area contributed by atoms with Gasteiger partial charge in [0.15, 0.2) is 5.69 Å². The van der Waals surface area contributed by atoms with E-state index in [1.807, 2.05) is 30.3 Å². The first-order valence-electron chi connectivity index (χ1n) is 6.15. The minimum Gasteiger partial charge on any atom is -0.476 e. The lowest BCUT2D eigenvalue weighted by Gasteiger charge is -2.15. The summed E-state index contributed by atoms with van der Waals surface area (Å²) in [5.74, 6) is -0.963. The molecule has 0 aliphatic heterocycles. The SMILES string of the molecule is CC(C)(C)Cc1nc(C(=O)O)c(-c2ccccc2)s1. The Hall–Kier alpha value is -1.68. The molecular formula is C15H17NO2S. The zero-order valence-corrected chi connectivity index (χ0v) is 12.1. The molecule has 100 valence electrons. The lowest BCUT2D eigenvalue weighted by molar-refractivity contribution is 0.0692. The smallest absolute Gasteiger partial charge is 0.356 e. The molecule has 19 heavy (non-hydrogen) atoms. The molecule has 0 saturated heterocycles. The third-order valence-electron chi connectivity index (χ3n) is 2.59. The molecule has 1 N–H and O–H groups in total. The molecule has 0 aliphatic rings. The maximum Gasteiger partial charge on any atom is 0.356 e. The highest BCUT2D eigenvalue weighted by molar-refractivity contribution is 7.15. The number of carboxylic acids is 1. The molecule has 0 aliphatic carbocycles. The lowest BCUT2D eigenvalue weighted by atomic mass is 9.93. The minimum atomic E-state index is -0.963. The highest BCUT2D eigenvalue weighted by Crippen LogP contribution is 2.33. The van der Waals surface area contributed by atoms with Crippen molar-refractivity contribution in [2.75, 3.05) is 0 Å². The van der Waals surface area contributed by atoms with Gasteiger partial charge in [0.2, 0.25) is 0 Å². The molecule has 1 aromatic carbocycles. The second-order valence-electron chi connectivity index (χ2n) is 5.69. The Labute approximate surface area is 116 Å². The van der Waals surface area contributed by atoms with Gasteiger partial charge in [0.25, 0.3) is 0 Å². The van der Waals surface area contributed by atoms with Gasteiger partial charge in [-0.1, -0.05) is 51.1 Å². The summed E-state index contributed by atoms with van der Waals surface area (Å²) < 4.78 is 0. The Bertz CT molecular complexity index is 582. The van der Waals surface area contributed by atoms with E-state index < -0.39 is 5.97 Å². The van der Waals surface area contributed by atoms with Crippen LogP contribution in [0.15, 0.2) is 30.3 Å². The third kappa shape index (κ3) is 3.41. The van der Waals surface area contributed by atoms with Gasteiger partial charge in [-0.15, -0.1) is 11.3 Å². The van der Waals surface area contributed by atoms with Crippen LogP contribution < -0.4 is 0 Å². The quantitative estimate of drug-likeness (QED) is 0.917. The standard InChI is InChI=1S/C15H17NO2S/c1-15(2,3)9-11-16-12(14(17)18)13(19-11)10-7-5-4-6-8-10/h4-8H,9H2,1-3H3,(H,17,18). The fourth-order valence-electron chi connectivity index (χ4n) is 1.82. The van der Waals surface area contributed by atoms with Crippen molar-refractivity contribution in [3.63, 3.8) is 0 Å². The summed E-state index contributed by atoms with van der Waals surface area (Å²) in [7, 11) is 0. The van der Waals surface area contributed by atoms with Crippen LogP contribution in [0, 0.1) is 5.41 Å². The molecule has 0 amide bonds. The van der Waals surface area contributed by atoms with E-state index >= 15 is 0 Å². The summed E-state index contributed by atoms with van der Waals surface area (Å²) in [5, 5.41) is 10.2. The number of hydrogen-bond donors (Lipinski definition) is 1. The molecule has 2 rings (SSSR count). The van der Waals surface area contributed by atoms with Crippen LogP contribution in [0.5, 0.6) is 0 Å². The molecule has 0 fully saturated rings. The van der Waals surface area contributed by atoms with Gasteiger partial charge in [-0.25, -0.2) is 9.78 Å². The maximum atomic E-state index is 11.3. The van der Waals surface area contributed by atoms with Crippen LogP contribution in [-0.2, 0) is 6.42 Å². The molecule has 0 spiro atoms. The number of carboxylic acid groups (broad SMARTS) is 1. The Morgan fingerprint density at radius 3 is 2.42 bits per heavy atom. The van der Waals surface area contributed by atoms with Crippen molar-refractivity contribution in [3.05, 3.63) is 41.0 Å². The van der Waals surface area contributed by atoms with E-state index in [9.17, 15) is 9.90 Å². The molecule has 4 heteroatoms. The first-order chi connectivity index (χ1) is 8.87. The molecule has 2 aromatic rings. The number of hydrogen-bond acceptors (Lipinski definition) is 3. The molecule has 3 nitrogen and oxygen atoms in total. The summed E-state index contributed by atoms with van der Waals surface area (Å²) in [4.78, 5) is 16.4. The largest absolute Gasteiger partial charge is 0.476 e. The second-order valence-corrected chi connectivity index (χ2v) is 6.78. The van der Waals surface area contributed by atoms with Crippen molar-refractivity contribution in [1.29, 1.82) is 0 Å². The summed E-state index contributed by atoms with van der Waals surface area (Å²) in [6, 6.07) is 9.57. The van der Waals surface area contributed by atoms with Crippen LogP contribution in [0.25, 0.3) is 10.4 Å². The van der Waals surface area contributed by atoms with E-state index in [4.69, 9.17) is 0 Å². The van der Waals surface area contributed by atoms with E-state index in [1.54, 1.807) is 0 Å². The number of nitrogens with zero attached hydrogens (tertiary/aromatic N) is 1. The minimum absolute atomic E-state index is 0.0988. The summed E-state index contributed by atoms with van der Waals surface area (Å²) >= 11 is 1.48. The van der Waals surface area contributed by atoms with E-state index in [1.165, 1.54) is 11.3 Å². The molecule has 0 radical (unpaired) electrons. The summed E-state index contributed by atoms with van der Waals surface area (Å²) in [5.41, 5.74) is 1.18. The van der Waals surface area contributed by atoms with Crippen molar-refractivity contribution in [1.82, 2.24) is 4.98 Å². The van der Waals surface area contributed by atoms with Crippen molar-refractivity contribution in [3.8, 4) is 10.4 Å². The predicted octanol–water partition coefficient (Wildman–Crippen LogP) is 4.10. The molecular weight excluding hydrogens is 258 g/mol. The Morgan fingerprint density at radius 2 is 1.89 bits per heavy atom. The van der Waals surface area contributed by atoms with Crippen LogP contribution in [-0.4, -0.2) is 16.1 Å². The molecule has 0 unspecified atom stereocenters. The second kappa shape index (κ2) is 5.13. The Kier molecular flexibility index (Phi) is 3.71. The zero-order chi connectivity index (χ0) is 14.0. The van der Waals surface area contributed by atoms with Crippen molar-refractivity contribution in [2.45, 2.75) is 27.2 Å². The average molecular weight is 275 g/mol. The van der Waals surface area contributed by atoms with Gasteiger partial charge in [-0.3, -0.25) is 0 Å². The van der Waals surface area contributed by atoms with Crippen molar-refractivity contribution >= 4 is 17.3 Å². The molecule has 1 heterocycles. The van der Waals surface area contributed by atoms with Gasteiger partial charge >= 0.3 is 5.97 Å². The normalized spacial score (nSPS) is 11.5. The highest BCUT2D eigenvalue weighted by atomic mass is 32.1. The Morgan fingerprint density at radius 1 is 1.26 bits per heavy atom. The van der Waals surface area contributed by atoms with E-state index in [-0.39, 0.29) is 11.1 Å². The van der Waals surface area contributed by atoms with Gasteiger partial charge in [0.1, 0.15) is 0 Å². The Balaban J connectivity index is 2.45. The highest BCUT2D eigenvalue weighted by Gasteiger charge is 2.21. The monoisotopic (exact) mass is 275 g/mol. The van der Waals surface area contributed by atoms with Crippen LogP contribution >= 0.6 is 11.3 Å². The van der Waals surface area contributed by atoms with Crippen LogP contribution in [0.2, 0.25) is 0 Å². The average Bonchev–Trinajstić information content (AvgIpc) is 2.72. The summed E-state index contributed by atoms with van der Waals surface area (Å²) in [6.45, 7) is 6.37. The van der Waals surface area contributed by atoms with Crippen LogP contribution in [0.4, 0.5) is 0 Å². The number of rotatable bonds is 3. The number of aromatic nitrogens is 1. The molecule has 0 bridgehead atoms. The third-order valence-corrected chi connectivity index (χ3v) is 3.70. The number of aromatic carboxylic acids is 1.